The molecule has 1 aromatic heterocycles. The van der Waals surface area contributed by atoms with Crippen molar-refractivity contribution in [3.05, 3.63) is 47.2 Å². The summed E-state index contributed by atoms with van der Waals surface area (Å²) in [5, 5.41) is 4.97. The van der Waals surface area contributed by atoms with E-state index in [1.165, 1.54) is 0 Å². The van der Waals surface area contributed by atoms with Crippen LogP contribution < -0.4 is 0 Å². The molecule has 0 radical (unpaired) electrons. The molecule has 0 unspecified atom stereocenters. The molecule has 1 saturated heterocycles. The Labute approximate surface area is 135 Å². The first-order valence-corrected chi connectivity index (χ1v) is 7.72. The number of likely N-dealkylation sites (N-methyl/N-ethyl adjacent to an activating group) is 1. The van der Waals surface area contributed by atoms with E-state index in [4.69, 9.17) is 11.6 Å². The number of hydrogen-bond donors (Lipinski definition) is 0. The van der Waals surface area contributed by atoms with Gasteiger partial charge in [-0.15, -0.1) is 0 Å². The molecule has 0 aliphatic carbocycles. The second-order valence-corrected chi connectivity index (χ2v) is 6.20. The zero-order valence-corrected chi connectivity index (χ0v) is 13.5. The Morgan fingerprint density at radius 1 is 1.27 bits per heavy atom. The second kappa shape index (κ2) is 6.10. The van der Waals surface area contributed by atoms with Gasteiger partial charge in [0.05, 0.1) is 17.4 Å². The minimum Gasteiger partial charge on any atom is -0.333 e. The van der Waals surface area contributed by atoms with Gasteiger partial charge in [-0.05, 0) is 38.2 Å². The molecule has 1 fully saturated rings. The van der Waals surface area contributed by atoms with Crippen molar-refractivity contribution in [1.29, 1.82) is 0 Å². The molecule has 0 spiro atoms. The van der Waals surface area contributed by atoms with Crippen LogP contribution in [0.2, 0.25) is 5.02 Å². The van der Waals surface area contributed by atoms with Crippen LogP contribution in [0.5, 0.6) is 0 Å². The zero-order valence-electron chi connectivity index (χ0n) is 12.7. The van der Waals surface area contributed by atoms with Crippen LogP contribution in [0, 0.1) is 0 Å². The number of benzene rings is 1. The normalized spacial score (nSPS) is 19.4. The zero-order chi connectivity index (χ0) is 15.7. The van der Waals surface area contributed by atoms with Crippen molar-refractivity contribution in [3.63, 3.8) is 0 Å². The number of aromatic nitrogens is 2. The molecule has 1 aromatic carbocycles. The lowest BCUT2D eigenvalue weighted by Gasteiger charge is -2.38. The van der Waals surface area contributed by atoms with Crippen molar-refractivity contribution in [1.82, 2.24) is 19.6 Å². The third-order valence-corrected chi connectivity index (χ3v) is 4.26. The molecule has 1 amide bonds. The molecule has 2 aromatic rings. The maximum atomic E-state index is 12.6. The number of halogens is 1. The van der Waals surface area contributed by atoms with Crippen LogP contribution in [-0.2, 0) is 0 Å². The van der Waals surface area contributed by atoms with E-state index in [0.29, 0.717) is 10.6 Å². The fourth-order valence-corrected chi connectivity index (χ4v) is 2.90. The van der Waals surface area contributed by atoms with Gasteiger partial charge in [0.15, 0.2) is 0 Å². The van der Waals surface area contributed by atoms with Crippen LogP contribution in [0.3, 0.4) is 0 Å². The molecular weight excluding hydrogens is 300 g/mol. The van der Waals surface area contributed by atoms with Crippen molar-refractivity contribution in [2.45, 2.75) is 13.0 Å². The van der Waals surface area contributed by atoms with Crippen molar-refractivity contribution in [3.8, 4) is 5.69 Å². The molecule has 22 heavy (non-hydrogen) atoms. The van der Waals surface area contributed by atoms with Gasteiger partial charge in [0.2, 0.25) is 0 Å². The van der Waals surface area contributed by atoms with Gasteiger partial charge in [0, 0.05) is 36.9 Å². The Morgan fingerprint density at radius 2 is 2.00 bits per heavy atom. The number of hydrogen-bond acceptors (Lipinski definition) is 3. The van der Waals surface area contributed by atoms with Gasteiger partial charge in [-0.25, -0.2) is 4.68 Å². The van der Waals surface area contributed by atoms with Gasteiger partial charge in [-0.3, -0.25) is 4.79 Å². The topological polar surface area (TPSA) is 41.4 Å². The highest BCUT2D eigenvalue weighted by Gasteiger charge is 2.27. The fraction of sp³-hybridized carbons (Fsp3) is 0.375. The quantitative estimate of drug-likeness (QED) is 0.853. The van der Waals surface area contributed by atoms with Gasteiger partial charge in [-0.1, -0.05) is 11.6 Å². The van der Waals surface area contributed by atoms with E-state index in [1.54, 1.807) is 17.1 Å². The molecule has 116 valence electrons. The summed E-state index contributed by atoms with van der Waals surface area (Å²) in [7, 11) is 2.08. The molecule has 1 atom stereocenters. The standard InChI is InChI=1S/C16H19ClN4O/c1-12-10-19(2)7-8-20(12)16(22)13-9-18-21(11-13)15-5-3-14(17)4-6-15/h3-6,9,11-12H,7-8,10H2,1-2H3/t12-/m0/s1. The van der Waals surface area contributed by atoms with Crippen molar-refractivity contribution < 1.29 is 4.79 Å². The van der Waals surface area contributed by atoms with Crippen LogP contribution in [0.15, 0.2) is 36.7 Å². The van der Waals surface area contributed by atoms with E-state index >= 15 is 0 Å². The van der Waals surface area contributed by atoms with Crippen molar-refractivity contribution >= 4 is 17.5 Å². The first-order valence-electron chi connectivity index (χ1n) is 7.35. The summed E-state index contributed by atoms with van der Waals surface area (Å²) in [6.07, 6.45) is 3.40. The summed E-state index contributed by atoms with van der Waals surface area (Å²) in [5.74, 6) is 0.0424. The molecule has 2 heterocycles. The summed E-state index contributed by atoms with van der Waals surface area (Å²) in [6, 6.07) is 7.58. The Kier molecular flexibility index (Phi) is 4.18. The van der Waals surface area contributed by atoms with Crippen molar-refractivity contribution in [2.24, 2.45) is 0 Å². The van der Waals surface area contributed by atoms with E-state index in [0.717, 1.165) is 25.3 Å². The number of amides is 1. The predicted molar refractivity (Wildman–Crippen MR) is 86.6 cm³/mol. The molecule has 5 nitrogen and oxygen atoms in total. The SMILES string of the molecule is C[C@H]1CN(C)CCN1C(=O)c1cnn(-c2ccc(Cl)cc2)c1. The fourth-order valence-electron chi connectivity index (χ4n) is 2.78. The predicted octanol–water partition coefficient (Wildman–Crippen LogP) is 2.30. The second-order valence-electron chi connectivity index (χ2n) is 5.76. The Hall–Kier alpha value is -1.85. The number of piperazine rings is 1. The lowest BCUT2D eigenvalue weighted by atomic mass is 10.1. The Balaban J connectivity index is 1.78. The minimum atomic E-state index is 0.0424. The minimum absolute atomic E-state index is 0.0424. The third-order valence-electron chi connectivity index (χ3n) is 4.01. The number of carbonyl (C=O) groups is 1. The average molecular weight is 319 g/mol. The Bertz CT molecular complexity index is 667. The molecule has 3 rings (SSSR count). The van der Waals surface area contributed by atoms with E-state index in [-0.39, 0.29) is 11.9 Å². The third kappa shape index (κ3) is 3.00. The van der Waals surface area contributed by atoms with Crippen molar-refractivity contribution in [2.75, 3.05) is 26.7 Å². The molecular formula is C16H19ClN4O. The van der Waals surface area contributed by atoms with Crippen LogP contribution in [0.1, 0.15) is 17.3 Å². The van der Waals surface area contributed by atoms with E-state index in [1.807, 2.05) is 29.2 Å². The largest absolute Gasteiger partial charge is 0.333 e. The Morgan fingerprint density at radius 3 is 2.68 bits per heavy atom. The molecule has 6 heteroatoms. The van der Waals surface area contributed by atoms with Gasteiger partial charge < -0.3 is 9.80 Å². The summed E-state index contributed by atoms with van der Waals surface area (Å²) < 4.78 is 1.70. The molecule has 0 saturated carbocycles. The van der Waals surface area contributed by atoms with E-state index < -0.39 is 0 Å². The van der Waals surface area contributed by atoms with Crippen LogP contribution >= 0.6 is 11.6 Å². The van der Waals surface area contributed by atoms with Gasteiger partial charge in [0.1, 0.15) is 0 Å². The van der Waals surface area contributed by atoms with E-state index in [2.05, 4.69) is 24.0 Å². The summed E-state index contributed by atoms with van der Waals surface area (Å²) in [4.78, 5) is 16.8. The maximum Gasteiger partial charge on any atom is 0.257 e. The number of rotatable bonds is 2. The van der Waals surface area contributed by atoms with Gasteiger partial charge in [-0.2, -0.15) is 5.10 Å². The molecule has 0 bridgehead atoms. The highest BCUT2D eigenvalue weighted by atomic mass is 35.5. The van der Waals surface area contributed by atoms with Crippen LogP contribution in [-0.4, -0.2) is 58.2 Å². The number of carbonyl (C=O) groups excluding carboxylic acids is 1. The smallest absolute Gasteiger partial charge is 0.257 e. The first-order chi connectivity index (χ1) is 10.5. The lowest BCUT2D eigenvalue weighted by molar-refractivity contribution is 0.0533. The maximum absolute atomic E-state index is 12.6. The summed E-state index contributed by atoms with van der Waals surface area (Å²) >= 11 is 5.89. The highest BCUT2D eigenvalue weighted by Crippen LogP contribution is 2.16. The molecule has 0 N–H and O–H groups in total. The lowest BCUT2D eigenvalue weighted by Crippen LogP contribution is -2.52. The van der Waals surface area contributed by atoms with Gasteiger partial charge >= 0.3 is 0 Å². The molecule has 1 aliphatic rings. The highest BCUT2D eigenvalue weighted by molar-refractivity contribution is 6.30. The van der Waals surface area contributed by atoms with Gasteiger partial charge in [0.25, 0.3) is 5.91 Å². The summed E-state index contributed by atoms with van der Waals surface area (Å²) in [6.45, 7) is 4.64. The summed E-state index contributed by atoms with van der Waals surface area (Å²) in [5.41, 5.74) is 1.50. The average Bonchev–Trinajstić information content (AvgIpc) is 2.97. The van der Waals surface area contributed by atoms with Crippen LogP contribution in [0.25, 0.3) is 5.69 Å². The first kappa shape index (κ1) is 15.1. The number of nitrogens with zero attached hydrogens (tertiary/aromatic N) is 4. The monoisotopic (exact) mass is 318 g/mol. The van der Waals surface area contributed by atoms with E-state index in [9.17, 15) is 4.79 Å². The molecule has 1 aliphatic heterocycles. The van der Waals surface area contributed by atoms with Crippen LogP contribution in [0.4, 0.5) is 0 Å².